The first kappa shape index (κ1) is 32.7. The van der Waals surface area contributed by atoms with E-state index in [2.05, 4.69) is 26.3 Å². The van der Waals surface area contributed by atoms with Crippen LogP contribution in [0.3, 0.4) is 0 Å². The van der Waals surface area contributed by atoms with Gasteiger partial charge in [-0.3, -0.25) is 4.90 Å². The number of thiophene rings is 2. The molecule has 1 aromatic carbocycles. The van der Waals surface area contributed by atoms with Crippen molar-refractivity contribution >= 4 is 84.9 Å². The molecule has 0 radical (unpaired) electrons. The molecule has 1 aliphatic heterocycles. The molecule has 0 unspecified atom stereocenters. The zero-order valence-electron chi connectivity index (χ0n) is 22.7. The van der Waals surface area contributed by atoms with Gasteiger partial charge in [0.05, 0.1) is 9.70 Å². The monoisotopic (exact) mass is 653 g/mol. The molecule has 0 spiro atoms. The van der Waals surface area contributed by atoms with Crippen LogP contribution in [0.25, 0.3) is 25.0 Å². The molecule has 0 saturated carbocycles. The number of benzene rings is 1. The molecule has 1 aliphatic rings. The number of rotatable bonds is 7. The molecule has 220 valence electrons. The molecule has 9 nitrogen and oxygen atoms in total. The van der Waals surface area contributed by atoms with Gasteiger partial charge in [-0.15, -0.1) is 37.7 Å². The van der Waals surface area contributed by atoms with Crippen LogP contribution in [0.15, 0.2) is 67.4 Å². The zero-order valence-corrected chi connectivity index (χ0v) is 26.8. The maximum Gasteiger partial charge on any atom is 0.283 e. The highest BCUT2D eigenvalue weighted by atomic mass is 32.2. The molecule has 0 saturated heterocycles. The largest absolute Gasteiger partial charge is 0.747 e. The molecule has 0 aliphatic carbocycles. The topological polar surface area (TPSA) is 131 Å². The van der Waals surface area contributed by atoms with Gasteiger partial charge in [0.25, 0.3) is 9.84 Å². The third-order valence-corrected chi connectivity index (χ3v) is 10.6. The Labute approximate surface area is 252 Å². The Morgan fingerprint density at radius 1 is 1.05 bits per heavy atom. The molecule has 0 N–H and O–H groups in total. The summed E-state index contributed by atoms with van der Waals surface area (Å²) in [6, 6.07) is 5.53. The number of aromatic nitrogens is 1. The summed E-state index contributed by atoms with van der Waals surface area (Å²) < 4.78 is 79.7. The zero-order chi connectivity index (χ0) is 30.7. The lowest BCUT2D eigenvalue weighted by atomic mass is 10.1. The Morgan fingerprint density at radius 2 is 1.71 bits per heavy atom. The van der Waals surface area contributed by atoms with Crippen molar-refractivity contribution in [3.05, 3.63) is 83.6 Å². The standard InChI is InChI=1S/C23H22N2O7S5.2C2H4/c1-4-15(9-19-24(11-36(26,27)28)17-7-13(2)14(3)8-18(17)32-19)10-20-25(12-37(29,30)31)22-21(34-20)16-5-6-33-23(16)35-22;2*1-2/h5-10H,4,11-12H2,1-3H3,(H-,26,27,28,29,30,31);2*1-2H2/p-1. The SMILES string of the molecule is C=C.C=C.CCC(=C/c1sc2c3ccsc3sc2[n+]1CS(=O)(=O)[O-])/C=C1/Oc2cc(C)c(C)cc2N1CS(=O)(=O)[O-]. The molecule has 3 aromatic heterocycles. The van der Waals surface area contributed by atoms with E-state index in [1.807, 2.05) is 32.2 Å². The number of anilines is 1. The number of fused-ring (bicyclic) bond motifs is 4. The van der Waals surface area contributed by atoms with Crippen molar-refractivity contribution in [1.82, 2.24) is 0 Å². The maximum atomic E-state index is 11.7. The van der Waals surface area contributed by atoms with Crippen molar-refractivity contribution in [2.45, 2.75) is 33.1 Å². The molecular weight excluding hydrogens is 625 g/mol. The Hall–Kier alpha value is -2.85. The van der Waals surface area contributed by atoms with Crippen LogP contribution in [0.5, 0.6) is 5.75 Å². The minimum Gasteiger partial charge on any atom is -0.747 e. The van der Waals surface area contributed by atoms with Crippen molar-refractivity contribution in [2.75, 3.05) is 10.8 Å². The third kappa shape index (κ3) is 7.33. The normalized spacial score (nSPS) is 14.4. The van der Waals surface area contributed by atoms with Crippen LogP contribution >= 0.6 is 34.0 Å². The Bertz CT molecular complexity index is 1860. The summed E-state index contributed by atoms with van der Waals surface area (Å²) >= 11 is 4.37. The van der Waals surface area contributed by atoms with Crippen LogP contribution in [0.2, 0.25) is 0 Å². The van der Waals surface area contributed by atoms with Gasteiger partial charge < -0.3 is 13.8 Å². The predicted molar refractivity (Wildman–Crippen MR) is 167 cm³/mol. The molecule has 4 aromatic rings. The van der Waals surface area contributed by atoms with Gasteiger partial charge in [0.2, 0.25) is 11.8 Å². The summed E-state index contributed by atoms with van der Waals surface area (Å²) in [6.45, 7) is 17.7. The fourth-order valence-corrected chi connectivity index (χ4v) is 9.11. The number of allylic oxidation sites excluding steroid dienone is 2. The lowest BCUT2D eigenvalue weighted by molar-refractivity contribution is -0.647. The van der Waals surface area contributed by atoms with E-state index in [9.17, 15) is 25.9 Å². The number of hydrogen-bond donors (Lipinski definition) is 0. The Kier molecular flexibility index (Phi) is 10.3. The van der Waals surface area contributed by atoms with E-state index < -0.39 is 32.0 Å². The van der Waals surface area contributed by atoms with Crippen LogP contribution in [0, 0.1) is 13.8 Å². The summed E-state index contributed by atoms with van der Waals surface area (Å²) in [4.78, 5) is 2.03. The van der Waals surface area contributed by atoms with Crippen molar-refractivity contribution in [2.24, 2.45) is 0 Å². The van der Waals surface area contributed by atoms with Crippen LogP contribution in [-0.4, -0.2) is 31.8 Å². The van der Waals surface area contributed by atoms with E-state index in [-0.39, 0.29) is 5.88 Å². The van der Waals surface area contributed by atoms with Crippen molar-refractivity contribution in [1.29, 1.82) is 0 Å². The van der Waals surface area contributed by atoms with Crippen LogP contribution in [-0.2, 0) is 26.1 Å². The fraction of sp³-hybridized carbons (Fsp3) is 0.222. The smallest absolute Gasteiger partial charge is 0.283 e. The molecular formula is C27H29N2O7S5-. The highest BCUT2D eigenvalue weighted by Gasteiger charge is 2.30. The Balaban J connectivity index is 0.00000111. The van der Waals surface area contributed by atoms with Gasteiger partial charge in [-0.05, 0) is 60.5 Å². The highest BCUT2D eigenvalue weighted by Crippen LogP contribution is 2.42. The molecule has 0 bridgehead atoms. The van der Waals surface area contributed by atoms with E-state index >= 15 is 0 Å². The van der Waals surface area contributed by atoms with E-state index in [0.717, 1.165) is 25.2 Å². The fourth-order valence-electron chi connectivity index (χ4n) is 4.03. The average molecular weight is 654 g/mol. The first-order valence-electron chi connectivity index (χ1n) is 12.0. The van der Waals surface area contributed by atoms with Gasteiger partial charge in [-0.2, -0.15) is 4.57 Å². The molecule has 14 heteroatoms. The number of aryl methyl sites for hydroxylation is 2. The van der Waals surface area contributed by atoms with E-state index in [1.165, 1.54) is 32.1 Å². The minimum absolute atomic E-state index is 0.175. The molecule has 0 fully saturated rings. The quantitative estimate of drug-likeness (QED) is 0.130. The second-order valence-electron chi connectivity index (χ2n) is 8.59. The van der Waals surface area contributed by atoms with Gasteiger partial charge >= 0.3 is 0 Å². The lowest BCUT2D eigenvalue weighted by Crippen LogP contribution is -2.38. The average Bonchev–Trinajstić information content (AvgIpc) is 3.64. The first-order valence-corrected chi connectivity index (χ1v) is 17.7. The van der Waals surface area contributed by atoms with Crippen molar-refractivity contribution in [3.63, 3.8) is 0 Å². The molecule has 41 heavy (non-hydrogen) atoms. The number of nitrogens with zero attached hydrogens (tertiary/aromatic N) is 2. The second kappa shape index (κ2) is 13.0. The number of ether oxygens (including phenoxy) is 1. The summed E-state index contributed by atoms with van der Waals surface area (Å²) in [6.07, 6.45) is 3.89. The summed E-state index contributed by atoms with van der Waals surface area (Å²) in [5.41, 5.74) is 3.04. The molecule has 0 atom stereocenters. The van der Waals surface area contributed by atoms with E-state index in [4.69, 9.17) is 4.74 Å². The predicted octanol–water partition coefficient (Wildman–Crippen LogP) is 6.23. The lowest BCUT2D eigenvalue weighted by Gasteiger charge is -2.20. The van der Waals surface area contributed by atoms with Gasteiger partial charge in [0.1, 0.15) is 20.7 Å². The van der Waals surface area contributed by atoms with Gasteiger partial charge in [0.15, 0.2) is 15.9 Å². The molecule has 0 amide bonds. The summed E-state index contributed by atoms with van der Waals surface area (Å²) in [5.74, 6) is -0.891. The van der Waals surface area contributed by atoms with Crippen molar-refractivity contribution in [3.8, 4) is 5.75 Å². The van der Waals surface area contributed by atoms with Gasteiger partial charge in [0, 0.05) is 17.5 Å². The van der Waals surface area contributed by atoms with Crippen molar-refractivity contribution < 1.29 is 35.2 Å². The summed E-state index contributed by atoms with van der Waals surface area (Å²) in [5, 5.41) is 3.53. The maximum absolute atomic E-state index is 11.7. The number of thiazole rings is 1. The minimum atomic E-state index is -4.63. The first-order chi connectivity index (χ1) is 19.3. The van der Waals surface area contributed by atoms with E-state index in [1.54, 1.807) is 35.6 Å². The van der Waals surface area contributed by atoms with Crippen LogP contribution in [0.1, 0.15) is 29.5 Å². The number of hydrogen-bond acceptors (Lipinski definition) is 11. The second-order valence-corrected chi connectivity index (χ2v) is 14.5. The van der Waals surface area contributed by atoms with Crippen LogP contribution in [0.4, 0.5) is 5.69 Å². The molecule has 5 rings (SSSR count). The molecule has 4 heterocycles. The van der Waals surface area contributed by atoms with Gasteiger partial charge in [-0.1, -0.05) is 29.6 Å². The van der Waals surface area contributed by atoms with E-state index in [0.29, 0.717) is 33.3 Å². The third-order valence-electron chi connectivity index (χ3n) is 5.92. The van der Waals surface area contributed by atoms with Gasteiger partial charge in [-0.25, -0.2) is 16.8 Å². The Morgan fingerprint density at radius 3 is 2.32 bits per heavy atom. The summed E-state index contributed by atoms with van der Waals surface area (Å²) in [7, 11) is -9.19. The van der Waals surface area contributed by atoms with Crippen LogP contribution < -0.4 is 14.2 Å². The highest BCUT2D eigenvalue weighted by molar-refractivity contribution is 7.85.